The molecule has 1 aromatic carbocycles. The van der Waals surface area contributed by atoms with Crippen LogP contribution in [0.1, 0.15) is 32.1 Å². The predicted molar refractivity (Wildman–Crippen MR) is 118 cm³/mol. The highest BCUT2D eigenvalue weighted by molar-refractivity contribution is 6.07. The van der Waals surface area contributed by atoms with E-state index in [1.54, 1.807) is 38.1 Å². The summed E-state index contributed by atoms with van der Waals surface area (Å²) in [6.45, 7) is 3.28. The Balaban J connectivity index is 2.62. The summed E-state index contributed by atoms with van der Waals surface area (Å²) in [5, 5.41) is 2.78. The summed E-state index contributed by atoms with van der Waals surface area (Å²) in [6.07, 6.45) is 0.958. The third kappa shape index (κ3) is 5.53. The van der Waals surface area contributed by atoms with E-state index in [9.17, 15) is 19.2 Å². The van der Waals surface area contributed by atoms with Crippen molar-refractivity contribution < 1.29 is 38.1 Å². The van der Waals surface area contributed by atoms with Gasteiger partial charge in [-0.1, -0.05) is 12.1 Å². The van der Waals surface area contributed by atoms with E-state index in [0.29, 0.717) is 28.2 Å². The topological polar surface area (TPSA) is 130 Å². The van der Waals surface area contributed by atoms with Crippen molar-refractivity contribution in [2.75, 3.05) is 33.8 Å². The molecule has 0 atom stereocenters. The molecule has 0 radical (unpaired) electrons. The summed E-state index contributed by atoms with van der Waals surface area (Å²) in [4.78, 5) is 52.9. The third-order valence-electron chi connectivity index (χ3n) is 4.66. The first-order chi connectivity index (χ1) is 15.7. The number of nitrogens with zero attached hydrogens (tertiary/aromatic N) is 1. The Morgan fingerprint density at radius 2 is 1.30 bits per heavy atom. The molecule has 0 bridgehead atoms. The first kappa shape index (κ1) is 25.1. The standard InChI is InChI=1S/C23H24N2O8/c1-12-18(22(28)32-5)20(19(13(2)24-12)23(29)33-6)14-7-9-15(10-8-14)25-16(21(27)31-4)11-17(26)30-3/h7-11,25H,1-6H3/b16-11+. The van der Waals surface area contributed by atoms with E-state index in [1.807, 2.05) is 0 Å². The molecule has 174 valence electrons. The van der Waals surface area contributed by atoms with Crippen molar-refractivity contribution in [3.63, 3.8) is 0 Å². The molecule has 0 aliphatic rings. The number of carbonyl (C=O) groups is 4. The maximum absolute atomic E-state index is 12.5. The Kier molecular flexibility index (Phi) is 8.27. The maximum atomic E-state index is 12.5. The molecular weight excluding hydrogens is 432 g/mol. The van der Waals surface area contributed by atoms with Crippen molar-refractivity contribution in [1.29, 1.82) is 0 Å². The van der Waals surface area contributed by atoms with Crippen LogP contribution >= 0.6 is 0 Å². The van der Waals surface area contributed by atoms with Gasteiger partial charge in [-0.05, 0) is 31.5 Å². The van der Waals surface area contributed by atoms with E-state index in [1.165, 1.54) is 28.4 Å². The molecule has 0 aliphatic carbocycles. The fraction of sp³-hybridized carbons (Fsp3) is 0.261. The molecule has 0 aliphatic heterocycles. The SMILES string of the molecule is COC(=O)/C=C(/Nc1ccc(-c2c(C(=O)OC)c(C)nc(C)c2C(=O)OC)cc1)C(=O)OC. The van der Waals surface area contributed by atoms with Crippen LogP contribution in [-0.4, -0.2) is 57.3 Å². The van der Waals surface area contributed by atoms with Crippen LogP contribution in [0.4, 0.5) is 5.69 Å². The molecule has 2 rings (SSSR count). The van der Waals surface area contributed by atoms with Gasteiger partial charge < -0.3 is 24.3 Å². The first-order valence-corrected chi connectivity index (χ1v) is 9.61. The van der Waals surface area contributed by atoms with E-state index < -0.39 is 23.9 Å². The van der Waals surface area contributed by atoms with Crippen LogP contribution in [0.25, 0.3) is 11.1 Å². The van der Waals surface area contributed by atoms with Crippen LogP contribution in [0, 0.1) is 13.8 Å². The molecule has 1 aromatic heterocycles. The van der Waals surface area contributed by atoms with Crippen LogP contribution in [0.5, 0.6) is 0 Å². The molecular formula is C23H24N2O8. The second kappa shape index (κ2) is 10.9. The fourth-order valence-electron chi connectivity index (χ4n) is 3.15. The molecule has 0 amide bonds. The molecule has 10 heteroatoms. The zero-order chi connectivity index (χ0) is 24.7. The van der Waals surface area contributed by atoms with Crippen LogP contribution < -0.4 is 5.32 Å². The van der Waals surface area contributed by atoms with Crippen molar-refractivity contribution in [1.82, 2.24) is 4.98 Å². The molecule has 33 heavy (non-hydrogen) atoms. The van der Waals surface area contributed by atoms with Gasteiger partial charge in [-0.25, -0.2) is 19.2 Å². The van der Waals surface area contributed by atoms with Gasteiger partial charge in [0.25, 0.3) is 0 Å². The summed E-state index contributed by atoms with van der Waals surface area (Å²) in [7, 11) is 4.82. The number of anilines is 1. The van der Waals surface area contributed by atoms with Crippen molar-refractivity contribution in [3.8, 4) is 11.1 Å². The lowest BCUT2D eigenvalue weighted by Gasteiger charge is -2.17. The average molecular weight is 456 g/mol. The number of carbonyl (C=O) groups excluding carboxylic acids is 4. The highest BCUT2D eigenvalue weighted by Crippen LogP contribution is 2.33. The van der Waals surface area contributed by atoms with E-state index in [0.717, 1.165) is 6.08 Å². The van der Waals surface area contributed by atoms with Gasteiger partial charge >= 0.3 is 23.9 Å². The van der Waals surface area contributed by atoms with Crippen LogP contribution in [0.2, 0.25) is 0 Å². The summed E-state index contributed by atoms with van der Waals surface area (Å²) < 4.78 is 19.0. The molecule has 0 spiro atoms. The number of aryl methyl sites for hydroxylation is 2. The number of aromatic nitrogens is 1. The molecule has 0 unspecified atom stereocenters. The van der Waals surface area contributed by atoms with E-state index in [-0.39, 0.29) is 16.8 Å². The minimum atomic E-state index is -0.772. The summed E-state index contributed by atoms with van der Waals surface area (Å²) >= 11 is 0. The van der Waals surface area contributed by atoms with Gasteiger partial charge in [0.2, 0.25) is 0 Å². The average Bonchev–Trinajstić information content (AvgIpc) is 2.82. The number of rotatable bonds is 7. The number of hydrogen-bond donors (Lipinski definition) is 1. The predicted octanol–water partition coefficient (Wildman–Crippen LogP) is 2.58. The Labute approximate surface area is 190 Å². The second-order valence-electron chi connectivity index (χ2n) is 6.67. The van der Waals surface area contributed by atoms with Crippen molar-refractivity contribution in [2.45, 2.75) is 13.8 Å². The number of pyridine rings is 1. The summed E-state index contributed by atoms with van der Waals surface area (Å²) in [5.41, 5.74) is 2.14. The minimum absolute atomic E-state index is 0.130. The molecule has 1 N–H and O–H groups in total. The smallest absolute Gasteiger partial charge is 0.354 e. The maximum Gasteiger partial charge on any atom is 0.354 e. The number of benzene rings is 1. The monoisotopic (exact) mass is 456 g/mol. The van der Waals surface area contributed by atoms with Gasteiger partial charge in [0, 0.05) is 11.3 Å². The highest BCUT2D eigenvalue weighted by atomic mass is 16.5. The largest absolute Gasteiger partial charge is 0.466 e. The van der Waals surface area contributed by atoms with Gasteiger partial charge in [0.1, 0.15) is 5.70 Å². The van der Waals surface area contributed by atoms with Gasteiger partial charge in [0.05, 0.1) is 57.0 Å². The van der Waals surface area contributed by atoms with Crippen molar-refractivity contribution in [2.24, 2.45) is 0 Å². The van der Waals surface area contributed by atoms with E-state index in [4.69, 9.17) is 9.47 Å². The lowest BCUT2D eigenvalue weighted by atomic mass is 9.92. The van der Waals surface area contributed by atoms with Gasteiger partial charge in [0.15, 0.2) is 0 Å². The highest BCUT2D eigenvalue weighted by Gasteiger charge is 2.27. The molecule has 2 aromatic rings. The number of esters is 4. The molecule has 10 nitrogen and oxygen atoms in total. The number of hydrogen-bond acceptors (Lipinski definition) is 10. The lowest BCUT2D eigenvalue weighted by molar-refractivity contribution is -0.138. The molecule has 1 heterocycles. The molecule has 0 saturated carbocycles. The molecule has 0 saturated heterocycles. The zero-order valence-electron chi connectivity index (χ0n) is 19.1. The fourth-order valence-corrected chi connectivity index (χ4v) is 3.15. The second-order valence-corrected chi connectivity index (χ2v) is 6.67. The zero-order valence-corrected chi connectivity index (χ0v) is 19.1. The minimum Gasteiger partial charge on any atom is -0.466 e. The van der Waals surface area contributed by atoms with Crippen LogP contribution in [0.15, 0.2) is 36.0 Å². The Morgan fingerprint density at radius 3 is 1.73 bits per heavy atom. The first-order valence-electron chi connectivity index (χ1n) is 9.61. The Morgan fingerprint density at radius 1 is 0.788 bits per heavy atom. The van der Waals surface area contributed by atoms with Crippen molar-refractivity contribution in [3.05, 3.63) is 58.6 Å². The number of nitrogens with one attached hydrogen (secondary N) is 1. The van der Waals surface area contributed by atoms with E-state index in [2.05, 4.69) is 19.8 Å². The number of ether oxygens (including phenoxy) is 4. The Hall–Kier alpha value is -4.21. The van der Waals surface area contributed by atoms with Crippen LogP contribution in [-0.2, 0) is 28.5 Å². The third-order valence-corrected chi connectivity index (χ3v) is 4.66. The quantitative estimate of drug-likeness (QED) is 0.377. The van der Waals surface area contributed by atoms with E-state index >= 15 is 0 Å². The van der Waals surface area contributed by atoms with Crippen LogP contribution in [0.3, 0.4) is 0 Å². The summed E-state index contributed by atoms with van der Waals surface area (Å²) in [5.74, 6) is -2.83. The van der Waals surface area contributed by atoms with Crippen molar-refractivity contribution >= 4 is 29.6 Å². The normalized spacial score (nSPS) is 10.8. The van der Waals surface area contributed by atoms with Gasteiger partial charge in [-0.3, -0.25) is 4.98 Å². The summed E-state index contributed by atoms with van der Waals surface area (Å²) in [6, 6.07) is 6.44. The van der Waals surface area contributed by atoms with Gasteiger partial charge in [-0.2, -0.15) is 0 Å². The van der Waals surface area contributed by atoms with Gasteiger partial charge in [-0.15, -0.1) is 0 Å². The lowest BCUT2D eigenvalue weighted by Crippen LogP contribution is -2.16. The number of methoxy groups -OCH3 is 4. The molecule has 0 fully saturated rings. The Bertz CT molecular complexity index is 1080.